The van der Waals surface area contributed by atoms with Gasteiger partial charge >= 0.3 is 0 Å². The van der Waals surface area contributed by atoms with Crippen molar-refractivity contribution in [3.63, 3.8) is 0 Å². The smallest absolute Gasteiger partial charge is 0.119 e. The zero-order valence-corrected chi connectivity index (χ0v) is 17.7. The van der Waals surface area contributed by atoms with Crippen molar-refractivity contribution in [2.75, 3.05) is 40.0 Å². The van der Waals surface area contributed by atoms with Gasteiger partial charge < -0.3 is 14.0 Å². The average Bonchev–Trinajstić information content (AvgIpc) is 3.22. The number of fused-ring (bicyclic) bond motifs is 1. The highest BCUT2D eigenvalue weighted by Crippen LogP contribution is 2.32. The molecule has 0 bridgehead atoms. The molecule has 3 aromatic heterocycles. The number of rotatable bonds is 6. The number of hydrogen-bond donors (Lipinski definition) is 0. The molecule has 1 aromatic carbocycles. The third-order valence-electron chi connectivity index (χ3n) is 5.85. The molecule has 5 rings (SSSR count). The Kier molecular flexibility index (Phi) is 5.65. The van der Waals surface area contributed by atoms with Crippen molar-refractivity contribution in [1.29, 1.82) is 0 Å². The van der Waals surface area contributed by atoms with Crippen molar-refractivity contribution in [3.8, 4) is 28.0 Å². The highest BCUT2D eigenvalue weighted by Gasteiger charge is 2.15. The lowest BCUT2D eigenvalue weighted by atomic mass is 10.0. The van der Waals surface area contributed by atoms with Crippen LogP contribution in [0.4, 0.5) is 0 Å². The second-order valence-electron chi connectivity index (χ2n) is 7.76. The zero-order chi connectivity index (χ0) is 21.0. The quantitative estimate of drug-likeness (QED) is 0.475. The minimum absolute atomic E-state index is 0.821. The molecule has 4 heterocycles. The maximum Gasteiger partial charge on any atom is 0.119 e. The molecule has 6 nitrogen and oxygen atoms in total. The fraction of sp³-hybridized carbons (Fsp3) is 0.280. The Bertz CT molecular complexity index is 1180. The molecule has 1 aliphatic heterocycles. The zero-order valence-electron chi connectivity index (χ0n) is 17.7. The number of benzene rings is 1. The Labute approximate surface area is 182 Å². The molecule has 1 fully saturated rings. The summed E-state index contributed by atoms with van der Waals surface area (Å²) in [6, 6.07) is 14.4. The number of morpholine rings is 1. The minimum Gasteiger partial charge on any atom is -0.497 e. The van der Waals surface area contributed by atoms with E-state index in [1.165, 1.54) is 0 Å². The van der Waals surface area contributed by atoms with Crippen LogP contribution in [0.5, 0.6) is 5.75 Å². The molecular weight excluding hydrogens is 388 g/mol. The van der Waals surface area contributed by atoms with Crippen LogP contribution < -0.4 is 4.74 Å². The Morgan fingerprint density at radius 1 is 0.968 bits per heavy atom. The van der Waals surface area contributed by atoms with Crippen molar-refractivity contribution < 1.29 is 9.47 Å². The molecular formula is C25H26N4O2. The van der Waals surface area contributed by atoms with Crippen LogP contribution >= 0.6 is 0 Å². The molecule has 0 saturated carbocycles. The lowest BCUT2D eigenvalue weighted by Gasteiger charge is -2.26. The van der Waals surface area contributed by atoms with E-state index in [9.17, 15) is 0 Å². The Hall–Kier alpha value is -3.22. The minimum atomic E-state index is 0.821. The molecule has 0 spiro atoms. The van der Waals surface area contributed by atoms with Crippen LogP contribution in [0.1, 0.15) is 0 Å². The summed E-state index contributed by atoms with van der Waals surface area (Å²) in [7, 11) is 1.69. The Morgan fingerprint density at radius 3 is 2.71 bits per heavy atom. The Balaban J connectivity index is 1.48. The van der Waals surface area contributed by atoms with Crippen molar-refractivity contribution in [2.45, 2.75) is 6.54 Å². The molecule has 6 heteroatoms. The summed E-state index contributed by atoms with van der Waals surface area (Å²) in [5.74, 6) is 0.837. The van der Waals surface area contributed by atoms with Crippen LogP contribution in [0, 0.1) is 0 Å². The lowest BCUT2D eigenvalue weighted by Crippen LogP contribution is -2.38. The molecule has 158 valence electrons. The third kappa shape index (κ3) is 4.17. The predicted molar refractivity (Wildman–Crippen MR) is 122 cm³/mol. The largest absolute Gasteiger partial charge is 0.497 e. The molecule has 0 unspecified atom stereocenters. The average molecular weight is 415 g/mol. The molecule has 4 aromatic rings. The highest BCUT2D eigenvalue weighted by atomic mass is 16.5. The van der Waals surface area contributed by atoms with Crippen molar-refractivity contribution >= 4 is 11.0 Å². The van der Waals surface area contributed by atoms with E-state index in [-0.39, 0.29) is 0 Å². The highest BCUT2D eigenvalue weighted by molar-refractivity contribution is 5.93. The summed E-state index contributed by atoms with van der Waals surface area (Å²) in [4.78, 5) is 11.7. The van der Waals surface area contributed by atoms with Gasteiger partial charge in [0.05, 0.1) is 31.4 Å². The van der Waals surface area contributed by atoms with E-state index in [2.05, 4.69) is 38.8 Å². The molecule has 0 atom stereocenters. The van der Waals surface area contributed by atoms with Gasteiger partial charge in [0, 0.05) is 67.7 Å². The van der Waals surface area contributed by atoms with Gasteiger partial charge in [-0.05, 0) is 35.9 Å². The SMILES string of the molecule is COc1cccc(-c2cncc(-c3cn(CCN4CCOCC4)c4cccnc34)c2)c1. The monoisotopic (exact) mass is 414 g/mol. The molecule has 0 N–H and O–H groups in total. The summed E-state index contributed by atoms with van der Waals surface area (Å²) < 4.78 is 13.2. The van der Waals surface area contributed by atoms with Gasteiger partial charge in [-0.3, -0.25) is 14.9 Å². The topological polar surface area (TPSA) is 52.4 Å². The summed E-state index contributed by atoms with van der Waals surface area (Å²) in [5, 5.41) is 0. The normalized spacial score (nSPS) is 14.7. The summed E-state index contributed by atoms with van der Waals surface area (Å²) in [6.45, 7) is 5.56. The van der Waals surface area contributed by atoms with Gasteiger partial charge in [-0.25, -0.2) is 0 Å². The van der Waals surface area contributed by atoms with Crippen LogP contribution in [-0.2, 0) is 11.3 Å². The fourth-order valence-electron chi connectivity index (χ4n) is 4.14. The van der Waals surface area contributed by atoms with E-state index in [4.69, 9.17) is 14.5 Å². The standard InChI is InChI=1S/C25H26N4O2/c1-30-22-5-2-4-19(15-22)20-14-21(17-26-16-20)23-18-29(24-6-3-7-27-25(23)24)9-8-28-10-12-31-13-11-28/h2-7,14-18H,8-13H2,1H3. The van der Waals surface area contributed by atoms with Gasteiger partial charge in [0.2, 0.25) is 0 Å². The van der Waals surface area contributed by atoms with E-state index < -0.39 is 0 Å². The van der Waals surface area contributed by atoms with E-state index in [0.29, 0.717) is 0 Å². The predicted octanol–water partition coefficient (Wildman–Crippen LogP) is 4.11. The number of pyridine rings is 2. The maximum absolute atomic E-state index is 5.47. The molecule has 1 saturated heterocycles. The fourth-order valence-corrected chi connectivity index (χ4v) is 4.14. The lowest BCUT2D eigenvalue weighted by molar-refractivity contribution is 0.0365. The van der Waals surface area contributed by atoms with E-state index in [0.717, 1.165) is 78.4 Å². The first-order valence-electron chi connectivity index (χ1n) is 10.7. The van der Waals surface area contributed by atoms with Crippen molar-refractivity contribution in [1.82, 2.24) is 19.4 Å². The van der Waals surface area contributed by atoms with Gasteiger partial charge in [-0.15, -0.1) is 0 Å². The van der Waals surface area contributed by atoms with Gasteiger partial charge in [-0.1, -0.05) is 12.1 Å². The molecule has 0 amide bonds. The second-order valence-corrected chi connectivity index (χ2v) is 7.76. The van der Waals surface area contributed by atoms with Crippen LogP contribution in [0.25, 0.3) is 33.3 Å². The second kappa shape index (κ2) is 8.88. The van der Waals surface area contributed by atoms with E-state index in [1.54, 1.807) is 7.11 Å². The first-order chi connectivity index (χ1) is 15.3. The van der Waals surface area contributed by atoms with E-state index in [1.807, 2.05) is 42.9 Å². The third-order valence-corrected chi connectivity index (χ3v) is 5.85. The summed E-state index contributed by atoms with van der Waals surface area (Å²) >= 11 is 0. The Morgan fingerprint density at radius 2 is 1.84 bits per heavy atom. The number of hydrogen-bond acceptors (Lipinski definition) is 5. The summed E-state index contributed by atoms with van der Waals surface area (Å²) in [6.07, 6.45) is 7.88. The molecule has 31 heavy (non-hydrogen) atoms. The van der Waals surface area contributed by atoms with Crippen LogP contribution in [0.3, 0.4) is 0 Å². The number of ether oxygens (including phenoxy) is 2. The van der Waals surface area contributed by atoms with E-state index >= 15 is 0 Å². The van der Waals surface area contributed by atoms with Crippen LogP contribution in [0.2, 0.25) is 0 Å². The number of methoxy groups -OCH3 is 1. The van der Waals surface area contributed by atoms with Gasteiger partial charge in [0.15, 0.2) is 0 Å². The van der Waals surface area contributed by atoms with Gasteiger partial charge in [0.25, 0.3) is 0 Å². The van der Waals surface area contributed by atoms with Crippen molar-refractivity contribution in [3.05, 3.63) is 67.3 Å². The van der Waals surface area contributed by atoms with Crippen LogP contribution in [0.15, 0.2) is 67.3 Å². The number of aromatic nitrogens is 3. The first-order valence-corrected chi connectivity index (χ1v) is 10.7. The molecule has 1 aliphatic rings. The van der Waals surface area contributed by atoms with Crippen molar-refractivity contribution in [2.24, 2.45) is 0 Å². The molecule has 0 radical (unpaired) electrons. The molecule has 0 aliphatic carbocycles. The number of nitrogens with zero attached hydrogens (tertiary/aromatic N) is 4. The van der Waals surface area contributed by atoms with Crippen LogP contribution in [-0.4, -0.2) is 59.4 Å². The van der Waals surface area contributed by atoms with Gasteiger partial charge in [0.1, 0.15) is 5.75 Å². The summed E-state index contributed by atoms with van der Waals surface area (Å²) in [5.41, 5.74) is 6.47. The first kappa shape index (κ1) is 19.7. The maximum atomic E-state index is 5.47. The van der Waals surface area contributed by atoms with Gasteiger partial charge in [-0.2, -0.15) is 0 Å².